The summed E-state index contributed by atoms with van der Waals surface area (Å²) in [5, 5.41) is 0. The van der Waals surface area contributed by atoms with Gasteiger partial charge in [-0.2, -0.15) is 54.0 Å². The minimum absolute atomic E-state index is 0. The van der Waals surface area contributed by atoms with E-state index in [-0.39, 0.29) is 54.0 Å². The van der Waals surface area contributed by atoms with Crippen LogP contribution in [0.5, 0.6) is 0 Å². The molecule has 1 unspecified atom stereocenters. The van der Waals surface area contributed by atoms with E-state index in [1.165, 1.54) is 22.4 Å². The Kier molecular flexibility index (Phi) is 9.76. The van der Waals surface area contributed by atoms with Gasteiger partial charge in [0, 0.05) is 25.3 Å². The van der Waals surface area contributed by atoms with Gasteiger partial charge in [0.05, 0.1) is 6.04 Å². The van der Waals surface area contributed by atoms with Crippen molar-refractivity contribution in [1.82, 2.24) is 4.90 Å². The molecule has 2 nitrogen and oxygen atoms in total. The van der Waals surface area contributed by atoms with Gasteiger partial charge >= 0.3 is 0 Å². The third kappa shape index (κ3) is 4.22. The monoisotopic (exact) mass is 400 g/mol. The van der Waals surface area contributed by atoms with Gasteiger partial charge in [-0.1, -0.05) is 42.5 Å². The Bertz CT molecular complexity index is 650. The first-order valence-corrected chi connectivity index (χ1v) is 7.44. The minimum Gasteiger partial charge on any atom is -0.362 e. The lowest BCUT2D eigenvalue weighted by molar-refractivity contribution is 0.269. The number of anilines is 1. The molecule has 24 heavy (non-hydrogen) atoms. The van der Waals surface area contributed by atoms with E-state index in [9.17, 15) is 0 Å². The topological polar surface area (TPSA) is 6.48 Å². The summed E-state index contributed by atoms with van der Waals surface area (Å²) in [5.41, 5.74) is 5.90. The van der Waals surface area contributed by atoms with Crippen molar-refractivity contribution in [2.24, 2.45) is 0 Å². The smallest absolute Gasteiger partial charge is 0.0672 e. The average Bonchev–Trinajstić information content (AvgIpc) is 2.61. The molecule has 0 saturated carbocycles. The SMILES string of the molecule is CN1CCN2c3ccccc3Cc3ccccc3C2C1.S.S.S.S. The first-order valence-electron chi connectivity index (χ1n) is 7.44. The molecule has 6 heteroatoms. The van der Waals surface area contributed by atoms with E-state index >= 15 is 0 Å². The van der Waals surface area contributed by atoms with Gasteiger partial charge in [-0.3, -0.25) is 0 Å². The third-order valence-electron chi connectivity index (χ3n) is 4.68. The maximum absolute atomic E-state index is 2.61. The molecule has 134 valence electrons. The Morgan fingerprint density at radius 1 is 0.792 bits per heavy atom. The van der Waals surface area contributed by atoms with Gasteiger partial charge in [0.25, 0.3) is 0 Å². The van der Waals surface area contributed by atoms with Crippen LogP contribution in [0.25, 0.3) is 0 Å². The predicted molar refractivity (Wildman–Crippen MR) is 125 cm³/mol. The molecular weight excluding hydrogens is 372 g/mol. The number of piperazine rings is 1. The van der Waals surface area contributed by atoms with Gasteiger partial charge < -0.3 is 9.80 Å². The number of benzene rings is 2. The van der Waals surface area contributed by atoms with Crippen molar-refractivity contribution in [3.8, 4) is 0 Å². The van der Waals surface area contributed by atoms with E-state index in [0.29, 0.717) is 6.04 Å². The number of hydrogen-bond donors (Lipinski definition) is 0. The Balaban J connectivity index is 0.00000132. The predicted octanol–water partition coefficient (Wildman–Crippen LogP) is 3.54. The van der Waals surface area contributed by atoms with E-state index in [2.05, 4.69) is 65.4 Å². The van der Waals surface area contributed by atoms with Gasteiger partial charge in [0.2, 0.25) is 0 Å². The summed E-state index contributed by atoms with van der Waals surface area (Å²) in [6.07, 6.45) is 1.06. The van der Waals surface area contributed by atoms with Crippen LogP contribution in [0.3, 0.4) is 0 Å². The molecule has 0 bridgehead atoms. The van der Waals surface area contributed by atoms with Crippen LogP contribution in [-0.2, 0) is 6.42 Å². The zero-order valence-corrected chi connectivity index (χ0v) is 17.9. The van der Waals surface area contributed by atoms with Crippen molar-refractivity contribution in [1.29, 1.82) is 0 Å². The molecule has 0 amide bonds. The van der Waals surface area contributed by atoms with Crippen molar-refractivity contribution in [2.75, 3.05) is 31.6 Å². The quantitative estimate of drug-likeness (QED) is 0.667. The lowest BCUT2D eigenvalue weighted by Crippen LogP contribution is -2.46. The highest BCUT2D eigenvalue weighted by Crippen LogP contribution is 2.38. The van der Waals surface area contributed by atoms with Crippen molar-refractivity contribution < 1.29 is 0 Å². The molecule has 1 saturated heterocycles. The molecule has 4 rings (SSSR count). The molecule has 0 spiro atoms. The average molecular weight is 401 g/mol. The molecule has 2 aromatic rings. The van der Waals surface area contributed by atoms with Crippen molar-refractivity contribution in [2.45, 2.75) is 12.5 Å². The maximum Gasteiger partial charge on any atom is 0.0672 e. The molecule has 1 atom stereocenters. The molecule has 2 aliphatic heterocycles. The first kappa shape index (κ1) is 23.6. The van der Waals surface area contributed by atoms with Gasteiger partial charge in [-0.05, 0) is 36.2 Å². The van der Waals surface area contributed by atoms with Crippen LogP contribution in [-0.4, -0.2) is 31.6 Å². The van der Waals surface area contributed by atoms with Gasteiger partial charge in [-0.25, -0.2) is 0 Å². The molecule has 0 radical (unpaired) electrons. The normalized spacial score (nSPS) is 18.0. The Labute approximate surface area is 173 Å². The number of hydrogen-bond acceptors (Lipinski definition) is 2. The summed E-state index contributed by atoms with van der Waals surface area (Å²) >= 11 is 0. The van der Waals surface area contributed by atoms with E-state index < -0.39 is 0 Å². The number of nitrogens with zero attached hydrogens (tertiary/aromatic N) is 2. The Hall–Kier alpha value is -0.400. The number of likely N-dealkylation sites (N-methyl/N-ethyl adjacent to an activating group) is 1. The van der Waals surface area contributed by atoms with Crippen LogP contribution >= 0.6 is 54.0 Å². The van der Waals surface area contributed by atoms with Crippen LogP contribution in [0.1, 0.15) is 22.7 Å². The fraction of sp³-hybridized carbons (Fsp3) is 0.333. The highest BCUT2D eigenvalue weighted by Gasteiger charge is 2.31. The molecule has 0 aromatic heterocycles. The van der Waals surface area contributed by atoms with Gasteiger partial charge in [0.1, 0.15) is 0 Å². The summed E-state index contributed by atoms with van der Waals surface area (Å²) < 4.78 is 0. The summed E-state index contributed by atoms with van der Waals surface area (Å²) in [5.74, 6) is 0. The molecular formula is C18H28N2S4. The Morgan fingerprint density at radius 3 is 2.17 bits per heavy atom. The van der Waals surface area contributed by atoms with Crippen molar-refractivity contribution in [3.05, 3.63) is 65.2 Å². The summed E-state index contributed by atoms with van der Waals surface area (Å²) in [6.45, 7) is 3.38. The fourth-order valence-corrected chi connectivity index (χ4v) is 3.64. The van der Waals surface area contributed by atoms with Crippen LogP contribution in [0.15, 0.2) is 48.5 Å². The standard InChI is InChI=1S/C18H20N2.4H2S/c1-19-10-11-20-17-9-5-3-7-15(17)12-14-6-2-4-8-16(14)18(20)13-19;;;;/h2-9,18H,10-13H2,1H3;4*1H2. The lowest BCUT2D eigenvalue weighted by Gasteiger charge is -2.41. The second-order valence-electron chi connectivity index (χ2n) is 5.98. The van der Waals surface area contributed by atoms with Crippen LogP contribution in [0, 0.1) is 0 Å². The van der Waals surface area contributed by atoms with Gasteiger partial charge in [-0.15, -0.1) is 0 Å². The number of para-hydroxylation sites is 1. The van der Waals surface area contributed by atoms with Crippen LogP contribution in [0.4, 0.5) is 5.69 Å². The molecule has 0 N–H and O–H groups in total. The zero-order chi connectivity index (χ0) is 13.5. The molecule has 0 aliphatic carbocycles. The number of rotatable bonds is 0. The van der Waals surface area contributed by atoms with Crippen LogP contribution in [0.2, 0.25) is 0 Å². The van der Waals surface area contributed by atoms with E-state index in [1.807, 2.05) is 0 Å². The van der Waals surface area contributed by atoms with Gasteiger partial charge in [0.15, 0.2) is 0 Å². The van der Waals surface area contributed by atoms with E-state index in [1.54, 1.807) is 0 Å². The highest BCUT2D eigenvalue weighted by atomic mass is 32.1. The summed E-state index contributed by atoms with van der Waals surface area (Å²) in [6, 6.07) is 18.4. The lowest BCUT2D eigenvalue weighted by atomic mass is 9.96. The second-order valence-corrected chi connectivity index (χ2v) is 5.98. The Morgan fingerprint density at radius 2 is 1.42 bits per heavy atom. The van der Waals surface area contributed by atoms with E-state index in [0.717, 1.165) is 26.1 Å². The maximum atomic E-state index is 2.61. The van der Waals surface area contributed by atoms with Crippen LogP contribution < -0.4 is 4.90 Å². The second kappa shape index (κ2) is 9.92. The van der Waals surface area contributed by atoms with E-state index in [4.69, 9.17) is 0 Å². The molecule has 1 fully saturated rings. The molecule has 2 aromatic carbocycles. The highest BCUT2D eigenvalue weighted by molar-refractivity contribution is 7.59. The zero-order valence-electron chi connectivity index (χ0n) is 13.9. The third-order valence-corrected chi connectivity index (χ3v) is 4.68. The fourth-order valence-electron chi connectivity index (χ4n) is 3.64. The molecule has 2 aliphatic rings. The summed E-state index contributed by atoms with van der Waals surface area (Å²) in [4.78, 5) is 5.06. The van der Waals surface area contributed by atoms with Crippen molar-refractivity contribution in [3.63, 3.8) is 0 Å². The number of fused-ring (bicyclic) bond motifs is 5. The minimum atomic E-state index is 0. The first-order chi connectivity index (χ1) is 9.83. The molecule has 2 heterocycles. The van der Waals surface area contributed by atoms with Crippen molar-refractivity contribution >= 4 is 59.7 Å². The largest absolute Gasteiger partial charge is 0.362 e. The summed E-state index contributed by atoms with van der Waals surface area (Å²) in [7, 11) is 2.23.